The summed E-state index contributed by atoms with van der Waals surface area (Å²) >= 11 is 1.56. The van der Waals surface area contributed by atoms with E-state index in [-0.39, 0.29) is 12.5 Å². The zero-order valence-electron chi connectivity index (χ0n) is 14.5. The molecule has 1 aromatic carbocycles. The standard InChI is InChI=1S/C19H19N3O3S/c1-13-8-17(18-10-20-12-26-18)21-16-9-14(2-3-15(13)16)25-11-19(23)22-4-6-24-7-5-22/h2-3,8-10,12H,4-7,11H2,1H3. The van der Waals surface area contributed by atoms with Gasteiger partial charge < -0.3 is 14.4 Å². The van der Waals surface area contributed by atoms with Gasteiger partial charge in [-0.25, -0.2) is 4.98 Å². The third-order valence-corrected chi connectivity index (χ3v) is 5.19. The van der Waals surface area contributed by atoms with Crippen molar-refractivity contribution in [2.75, 3.05) is 32.9 Å². The molecule has 4 rings (SSSR count). The number of benzene rings is 1. The Bertz CT molecular complexity index is 921. The summed E-state index contributed by atoms with van der Waals surface area (Å²) in [7, 11) is 0. The van der Waals surface area contributed by atoms with E-state index >= 15 is 0 Å². The average Bonchev–Trinajstić information content (AvgIpc) is 3.21. The third-order valence-electron chi connectivity index (χ3n) is 4.40. The normalized spacial score (nSPS) is 14.6. The number of amides is 1. The van der Waals surface area contributed by atoms with E-state index in [0.29, 0.717) is 32.1 Å². The molecule has 0 aliphatic carbocycles. The topological polar surface area (TPSA) is 64.6 Å². The number of fused-ring (bicyclic) bond motifs is 1. The molecular weight excluding hydrogens is 350 g/mol. The van der Waals surface area contributed by atoms with E-state index in [4.69, 9.17) is 14.5 Å². The molecule has 6 nitrogen and oxygen atoms in total. The number of thiazole rings is 1. The van der Waals surface area contributed by atoms with Gasteiger partial charge >= 0.3 is 0 Å². The van der Waals surface area contributed by atoms with Crippen LogP contribution in [0.3, 0.4) is 0 Å². The number of aryl methyl sites for hydroxylation is 1. The zero-order chi connectivity index (χ0) is 17.9. The van der Waals surface area contributed by atoms with Gasteiger partial charge in [0.05, 0.1) is 34.8 Å². The van der Waals surface area contributed by atoms with Crippen LogP contribution in [0.4, 0.5) is 0 Å². The van der Waals surface area contributed by atoms with Crippen LogP contribution in [0.1, 0.15) is 5.56 Å². The van der Waals surface area contributed by atoms with Gasteiger partial charge in [-0.05, 0) is 30.7 Å². The number of hydrogen-bond donors (Lipinski definition) is 0. The zero-order valence-corrected chi connectivity index (χ0v) is 15.3. The first-order valence-electron chi connectivity index (χ1n) is 8.49. The molecule has 1 saturated heterocycles. The van der Waals surface area contributed by atoms with Gasteiger partial charge in [-0.1, -0.05) is 0 Å². The second-order valence-electron chi connectivity index (χ2n) is 6.15. The Hall–Kier alpha value is -2.51. The monoisotopic (exact) mass is 369 g/mol. The number of pyridine rings is 1. The molecule has 1 fully saturated rings. The van der Waals surface area contributed by atoms with Crippen molar-refractivity contribution in [2.24, 2.45) is 0 Å². The minimum absolute atomic E-state index is 0.0176. The van der Waals surface area contributed by atoms with Crippen LogP contribution in [0.25, 0.3) is 21.5 Å². The van der Waals surface area contributed by atoms with Gasteiger partial charge in [-0.3, -0.25) is 9.78 Å². The minimum atomic E-state index is -0.0176. The number of hydrogen-bond acceptors (Lipinski definition) is 6. The second kappa shape index (κ2) is 7.39. The van der Waals surface area contributed by atoms with Crippen LogP contribution in [0.5, 0.6) is 5.75 Å². The Morgan fingerprint density at radius 3 is 2.92 bits per heavy atom. The number of nitrogens with zero attached hydrogens (tertiary/aromatic N) is 3. The first kappa shape index (κ1) is 16.9. The van der Waals surface area contributed by atoms with Gasteiger partial charge in [0.1, 0.15) is 5.75 Å². The van der Waals surface area contributed by atoms with E-state index in [9.17, 15) is 4.79 Å². The molecule has 7 heteroatoms. The van der Waals surface area contributed by atoms with Crippen molar-refractivity contribution in [1.29, 1.82) is 0 Å². The Labute approximate surface area is 155 Å². The molecule has 0 unspecified atom stereocenters. The highest BCUT2D eigenvalue weighted by Crippen LogP contribution is 2.28. The van der Waals surface area contributed by atoms with Crippen molar-refractivity contribution >= 4 is 28.1 Å². The number of morpholine rings is 1. The molecule has 1 amide bonds. The number of aromatic nitrogens is 2. The summed E-state index contributed by atoms with van der Waals surface area (Å²) in [4.78, 5) is 23.9. The molecule has 0 radical (unpaired) electrons. The van der Waals surface area contributed by atoms with E-state index in [1.165, 1.54) is 0 Å². The molecule has 2 aromatic heterocycles. The Kier molecular flexibility index (Phi) is 4.81. The Morgan fingerprint density at radius 1 is 1.31 bits per heavy atom. The summed E-state index contributed by atoms with van der Waals surface area (Å²) in [6.07, 6.45) is 1.82. The predicted molar refractivity (Wildman–Crippen MR) is 100 cm³/mol. The summed E-state index contributed by atoms with van der Waals surface area (Å²) in [5.41, 5.74) is 4.70. The Balaban J connectivity index is 1.53. The molecule has 0 bridgehead atoms. The van der Waals surface area contributed by atoms with Gasteiger partial charge in [0.25, 0.3) is 5.91 Å². The first-order chi connectivity index (χ1) is 12.7. The fraction of sp³-hybridized carbons (Fsp3) is 0.316. The van der Waals surface area contributed by atoms with Gasteiger partial charge in [-0.2, -0.15) is 0 Å². The van der Waals surface area contributed by atoms with Crippen molar-refractivity contribution in [2.45, 2.75) is 6.92 Å². The van der Waals surface area contributed by atoms with Crippen LogP contribution in [-0.2, 0) is 9.53 Å². The molecule has 1 aliphatic rings. The van der Waals surface area contributed by atoms with E-state index in [1.807, 2.05) is 24.4 Å². The van der Waals surface area contributed by atoms with Crippen LogP contribution in [-0.4, -0.2) is 53.7 Å². The molecule has 0 spiro atoms. The van der Waals surface area contributed by atoms with Crippen LogP contribution in [0, 0.1) is 6.92 Å². The van der Waals surface area contributed by atoms with Gasteiger partial charge in [0.15, 0.2) is 6.61 Å². The largest absolute Gasteiger partial charge is 0.484 e. The lowest BCUT2D eigenvalue weighted by molar-refractivity contribution is -0.137. The maximum Gasteiger partial charge on any atom is 0.260 e. The maximum absolute atomic E-state index is 12.2. The third kappa shape index (κ3) is 3.54. The highest BCUT2D eigenvalue weighted by atomic mass is 32.1. The van der Waals surface area contributed by atoms with Gasteiger partial charge in [-0.15, -0.1) is 11.3 Å². The first-order valence-corrected chi connectivity index (χ1v) is 9.37. The molecule has 3 aromatic rings. The summed E-state index contributed by atoms with van der Waals surface area (Å²) in [5, 5.41) is 1.07. The molecule has 0 N–H and O–H groups in total. The molecule has 0 atom stereocenters. The summed E-state index contributed by atoms with van der Waals surface area (Å²) in [6.45, 7) is 4.52. The molecule has 3 heterocycles. The Morgan fingerprint density at radius 2 is 2.15 bits per heavy atom. The van der Waals surface area contributed by atoms with Crippen LogP contribution in [0.2, 0.25) is 0 Å². The smallest absolute Gasteiger partial charge is 0.260 e. The number of ether oxygens (including phenoxy) is 2. The van der Waals surface area contributed by atoms with E-state index in [0.717, 1.165) is 27.0 Å². The second-order valence-corrected chi connectivity index (χ2v) is 7.04. The highest BCUT2D eigenvalue weighted by Gasteiger charge is 2.17. The lowest BCUT2D eigenvalue weighted by atomic mass is 10.1. The lowest BCUT2D eigenvalue weighted by Crippen LogP contribution is -2.42. The van der Waals surface area contributed by atoms with Crippen LogP contribution in [0.15, 0.2) is 36.0 Å². The molecule has 26 heavy (non-hydrogen) atoms. The molecule has 0 saturated carbocycles. The molecule has 134 valence electrons. The van der Waals surface area contributed by atoms with E-state index < -0.39 is 0 Å². The van der Waals surface area contributed by atoms with E-state index in [1.54, 1.807) is 21.7 Å². The summed E-state index contributed by atoms with van der Waals surface area (Å²) in [6, 6.07) is 7.83. The summed E-state index contributed by atoms with van der Waals surface area (Å²) < 4.78 is 11.0. The maximum atomic E-state index is 12.2. The predicted octanol–water partition coefficient (Wildman–Crippen LogP) is 2.90. The SMILES string of the molecule is Cc1cc(-c2cncs2)nc2cc(OCC(=O)N3CCOCC3)ccc12. The number of rotatable bonds is 4. The van der Waals surface area contributed by atoms with Crippen molar-refractivity contribution < 1.29 is 14.3 Å². The lowest BCUT2D eigenvalue weighted by Gasteiger charge is -2.26. The fourth-order valence-electron chi connectivity index (χ4n) is 2.99. The fourth-order valence-corrected chi connectivity index (χ4v) is 3.57. The highest BCUT2D eigenvalue weighted by molar-refractivity contribution is 7.13. The quantitative estimate of drug-likeness (QED) is 0.708. The molecule has 1 aliphatic heterocycles. The van der Waals surface area contributed by atoms with Crippen molar-refractivity contribution in [3.05, 3.63) is 41.5 Å². The van der Waals surface area contributed by atoms with Crippen molar-refractivity contribution in [3.8, 4) is 16.3 Å². The summed E-state index contributed by atoms with van der Waals surface area (Å²) in [5.74, 6) is 0.628. The average molecular weight is 369 g/mol. The number of carbonyl (C=O) groups excluding carboxylic acids is 1. The van der Waals surface area contributed by atoms with Crippen molar-refractivity contribution in [3.63, 3.8) is 0 Å². The molecular formula is C19H19N3O3S. The van der Waals surface area contributed by atoms with E-state index in [2.05, 4.69) is 18.0 Å². The van der Waals surface area contributed by atoms with Crippen LogP contribution < -0.4 is 4.74 Å². The minimum Gasteiger partial charge on any atom is -0.484 e. The van der Waals surface area contributed by atoms with Gasteiger partial charge in [0, 0.05) is 30.7 Å². The number of carbonyl (C=O) groups is 1. The van der Waals surface area contributed by atoms with Gasteiger partial charge in [0.2, 0.25) is 0 Å². The van der Waals surface area contributed by atoms with Crippen LogP contribution >= 0.6 is 11.3 Å². The van der Waals surface area contributed by atoms with Crippen molar-refractivity contribution in [1.82, 2.24) is 14.9 Å².